The molecule has 1 N–H and O–H groups in total. The van der Waals surface area contributed by atoms with E-state index in [9.17, 15) is 4.79 Å². The standard InChI is InChI=1S/C14H11N3O/c15-8-12-7-13(18)16-17-14(12)11-5-4-9-2-1-3-10(9)6-11/h4-7H,1-3H2,(H,16,18). The quantitative estimate of drug-likeness (QED) is 0.822. The third kappa shape index (κ3) is 1.70. The van der Waals surface area contributed by atoms with E-state index in [4.69, 9.17) is 5.26 Å². The molecule has 0 bridgehead atoms. The molecule has 0 radical (unpaired) electrons. The van der Waals surface area contributed by atoms with Crippen molar-refractivity contribution in [1.29, 1.82) is 5.26 Å². The monoisotopic (exact) mass is 237 g/mol. The highest BCUT2D eigenvalue weighted by Crippen LogP contribution is 2.27. The van der Waals surface area contributed by atoms with Crippen molar-refractivity contribution in [3.8, 4) is 17.3 Å². The van der Waals surface area contributed by atoms with E-state index in [-0.39, 0.29) is 5.56 Å². The Kier molecular flexibility index (Phi) is 2.45. The molecule has 88 valence electrons. The van der Waals surface area contributed by atoms with Gasteiger partial charge in [0.25, 0.3) is 5.56 Å². The van der Waals surface area contributed by atoms with Crippen LogP contribution in [-0.4, -0.2) is 10.2 Å². The highest BCUT2D eigenvalue weighted by molar-refractivity contribution is 5.67. The van der Waals surface area contributed by atoms with Gasteiger partial charge in [-0.15, -0.1) is 0 Å². The van der Waals surface area contributed by atoms with Crippen LogP contribution >= 0.6 is 0 Å². The molecule has 1 aliphatic carbocycles. The summed E-state index contributed by atoms with van der Waals surface area (Å²) >= 11 is 0. The highest BCUT2D eigenvalue weighted by atomic mass is 16.1. The van der Waals surface area contributed by atoms with Crippen LogP contribution in [0.15, 0.2) is 29.1 Å². The van der Waals surface area contributed by atoms with E-state index in [2.05, 4.69) is 22.3 Å². The number of aromatic amines is 1. The predicted molar refractivity (Wildman–Crippen MR) is 67.0 cm³/mol. The van der Waals surface area contributed by atoms with E-state index in [0.29, 0.717) is 11.3 Å². The molecule has 0 fully saturated rings. The maximum Gasteiger partial charge on any atom is 0.265 e. The summed E-state index contributed by atoms with van der Waals surface area (Å²) in [5.74, 6) is 0. The van der Waals surface area contributed by atoms with Gasteiger partial charge in [0.05, 0.1) is 5.56 Å². The molecular formula is C14H11N3O. The van der Waals surface area contributed by atoms with E-state index >= 15 is 0 Å². The lowest BCUT2D eigenvalue weighted by atomic mass is 10.0. The van der Waals surface area contributed by atoms with Crippen LogP contribution in [0.5, 0.6) is 0 Å². The Morgan fingerprint density at radius 1 is 1.22 bits per heavy atom. The summed E-state index contributed by atoms with van der Waals surface area (Å²) in [7, 11) is 0. The van der Waals surface area contributed by atoms with Gasteiger partial charge in [0.15, 0.2) is 0 Å². The summed E-state index contributed by atoms with van der Waals surface area (Å²) in [4.78, 5) is 11.2. The van der Waals surface area contributed by atoms with Crippen LogP contribution < -0.4 is 5.56 Å². The Bertz CT molecular complexity index is 710. The number of rotatable bonds is 1. The van der Waals surface area contributed by atoms with Gasteiger partial charge in [0, 0.05) is 11.6 Å². The van der Waals surface area contributed by atoms with Crippen molar-refractivity contribution in [2.45, 2.75) is 19.3 Å². The molecule has 3 rings (SSSR count). The predicted octanol–water partition coefficient (Wildman–Crippen LogP) is 1.80. The number of aryl methyl sites for hydroxylation is 2. The van der Waals surface area contributed by atoms with Crippen molar-refractivity contribution >= 4 is 0 Å². The number of H-pyrrole nitrogens is 1. The molecular weight excluding hydrogens is 226 g/mol. The lowest BCUT2D eigenvalue weighted by molar-refractivity contribution is 0.912. The molecule has 0 spiro atoms. The molecule has 0 atom stereocenters. The smallest absolute Gasteiger partial charge is 0.265 e. The maximum atomic E-state index is 11.2. The normalized spacial score (nSPS) is 13.1. The van der Waals surface area contributed by atoms with Gasteiger partial charge >= 0.3 is 0 Å². The van der Waals surface area contributed by atoms with E-state index in [1.165, 1.54) is 23.6 Å². The lowest BCUT2D eigenvalue weighted by Gasteiger charge is -2.05. The first-order valence-electron chi connectivity index (χ1n) is 5.90. The average molecular weight is 237 g/mol. The molecule has 1 aromatic heterocycles. The fourth-order valence-electron chi connectivity index (χ4n) is 2.43. The van der Waals surface area contributed by atoms with Crippen LogP contribution in [0.25, 0.3) is 11.3 Å². The summed E-state index contributed by atoms with van der Waals surface area (Å²) in [6, 6.07) is 9.43. The Hall–Kier alpha value is -2.41. The van der Waals surface area contributed by atoms with Crippen molar-refractivity contribution in [3.05, 3.63) is 51.3 Å². The van der Waals surface area contributed by atoms with Crippen molar-refractivity contribution in [3.63, 3.8) is 0 Å². The van der Waals surface area contributed by atoms with Gasteiger partial charge in [-0.3, -0.25) is 4.79 Å². The second-order valence-corrected chi connectivity index (χ2v) is 4.44. The Morgan fingerprint density at radius 2 is 2.06 bits per heavy atom. The largest absolute Gasteiger partial charge is 0.268 e. The minimum Gasteiger partial charge on any atom is -0.268 e. The van der Waals surface area contributed by atoms with Crippen molar-refractivity contribution in [2.24, 2.45) is 0 Å². The van der Waals surface area contributed by atoms with Gasteiger partial charge in [-0.25, -0.2) is 5.10 Å². The Labute approximate surface area is 104 Å². The number of hydrogen-bond donors (Lipinski definition) is 1. The molecule has 18 heavy (non-hydrogen) atoms. The Morgan fingerprint density at radius 3 is 2.89 bits per heavy atom. The zero-order valence-corrected chi connectivity index (χ0v) is 9.73. The summed E-state index contributed by atoms with van der Waals surface area (Å²) in [6.45, 7) is 0. The molecule has 1 heterocycles. The van der Waals surface area contributed by atoms with E-state index in [1.807, 2.05) is 12.1 Å². The number of hydrogen-bond acceptors (Lipinski definition) is 3. The lowest BCUT2D eigenvalue weighted by Crippen LogP contribution is -2.09. The molecule has 1 aliphatic rings. The van der Waals surface area contributed by atoms with Gasteiger partial charge in [0.1, 0.15) is 11.8 Å². The van der Waals surface area contributed by atoms with E-state index < -0.39 is 0 Å². The van der Waals surface area contributed by atoms with E-state index in [0.717, 1.165) is 18.4 Å². The molecule has 0 saturated heterocycles. The van der Waals surface area contributed by atoms with Crippen LogP contribution in [-0.2, 0) is 12.8 Å². The minimum atomic E-state index is -0.350. The Balaban J connectivity index is 2.16. The first-order chi connectivity index (χ1) is 8.78. The third-order valence-corrected chi connectivity index (χ3v) is 3.30. The highest BCUT2D eigenvalue weighted by Gasteiger charge is 2.14. The molecule has 2 aromatic rings. The molecule has 0 unspecified atom stereocenters. The molecule has 1 aromatic carbocycles. The molecule has 0 amide bonds. The van der Waals surface area contributed by atoms with Crippen LogP contribution in [0.2, 0.25) is 0 Å². The van der Waals surface area contributed by atoms with Crippen LogP contribution in [0.1, 0.15) is 23.1 Å². The zero-order valence-electron chi connectivity index (χ0n) is 9.73. The number of aromatic nitrogens is 2. The third-order valence-electron chi connectivity index (χ3n) is 3.30. The second kappa shape index (κ2) is 4.11. The first kappa shape index (κ1) is 10.7. The van der Waals surface area contributed by atoms with Gasteiger partial charge in [-0.1, -0.05) is 12.1 Å². The van der Waals surface area contributed by atoms with Gasteiger partial charge in [-0.05, 0) is 36.5 Å². The van der Waals surface area contributed by atoms with Crippen molar-refractivity contribution in [2.75, 3.05) is 0 Å². The van der Waals surface area contributed by atoms with Crippen molar-refractivity contribution < 1.29 is 0 Å². The summed E-state index contributed by atoms with van der Waals surface area (Å²) < 4.78 is 0. The van der Waals surface area contributed by atoms with Gasteiger partial charge in [-0.2, -0.15) is 10.4 Å². The number of benzene rings is 1. The molecule has 0 saturated carbocycles. The fourth-order valence-corrected chi connectivity index (χ4v) is 2.43. The zero-order chi connectivity index (χ0) is 12.5. The van der Waals surface area contributed by atoms with Crippen LogP contribution in [0.4, 0.5) is 0 Å². The number of nitrogens with zero attached hydrogens (tertiary/aromatic N) is 2. The topological polar surface area (TPSA) is 69.5 Å². The van der Waals surface area contributed by atoms with Crippen LogP contribution in [0.3, 0.4) is 0 Å². The molecule has 0 aliphatic heterocycles. The van der Waals surface area contributed by atoms with Gasteiger partial charge in [0.2, 0.25) is 0 Å². The van der Waals surface area contributed by atoms with E-state index in [1.54, 1.807) is 0 Å². The summed E-state index contributed by atoms with van der Waals surface area (Å²) in [5.41, 5.74) is 4.11. The second-order valence-electron chi connectivity index (χ2n) is 4.44. The maximum absolute atomic E-state index is 11.2. The van der Waals surface area contributed by atoms with Gasteiger partial charge < -0.3 is 0 Å². The SMILES string of the molecule is N#Cc1cc(=O)[nH]nc1-c1ccc2c(c1)CCC2. The fraction of sp³-hybridized carbons (Fsp3) is 0.214. The molecule has 4 nitrogen and oxygen atoms in total. The molecule has 4 heteroatoms. The average Bonchev–Trinajstić information content (AvgIpc) is 2.85. The minimum absolute atomic E-state index is 0.316. The summed E-state index contributed by atoms with van der Waals surface area (Å²) in [5, 5.41) is 15.4. The number of fused-ring (bicyclic) bond motifs is 1. The number of nitriles is 1. The number of nitrogens with one attached hydrogen (secondary N) is 1. The van der Waals surface area contributed by atoms with Crippen LogP contribution in [0, 0.1) is 11.3 Å². The first-order valence-corrected chi connectivity index (χ1v) is 5.90. The summed E-state index contributed by atoms with van der Waals surface area (Å²) in [6.07, 6.45) is 3.39. The van der Waals surface area contributed by atoms with Crippen molar-refractivity contribution in [1.82, 2.24) is 10.2 Å².